The second-order valence-corrected chi connectivity index (χ2v) is 7.69. The molecule has 0 aliphatic heterocycles. The molecule has 2 aromatic rings. The molecule has 8 heteroatoms. The van der Waals surface area contributed by atoms with Crippen molar-refractivity contribution in [3.05, 3.63) is 53.2 Å². The van der Waals surface area contributed by atoms with E-state index in [2.05, 4.69) is 4.98 Å². The highest BCUT2D eigenvalue weighted by atomic mass is 35.5. The molecule has 136 valence electrons. The summed E-state index contributed by atoms with van der Waals surface area (Å²) in [5.74, 6) is 0.373. The lowest BCUT2D eigenvalue weighted by molar-refractivity contribution is 0.267. The first-order valence-electron chi connectivity index (χ1n) is 7.91. The van der Waals surface area contributed by atoms with E-state index in [4.69, 9.17) is 21.4 Å². The van der Waals surface area contributed by atoms with Crippen molar-refractivity contribution >= 4 is 21.6 Å². The Hall–Kier alpha value is -1.67. The number of aromatic nitrogens is 1. The van der Waals surface area contributed by atoms with Crippen molar-refractivity contribution in [1.29, 1.82) is 0 Å². The lowest BCUT2D eigenvalue weighted by Crippen LogP contribution is -2.32. The van der Waals surface area contributed by atoms with Gasteiger partial charge in [-0.15, -0.1) is 0 Å². The molecule has 0 aliphatic rings. The minimum Gasteiger partial charge on any atom is -0.478 e. The number of benzene rings is 1. The van der Waals surface area contributed by atoms with Gasteiger partial charge in [0.2, 0.25) is 15.9 Å². The molecule has 0 radical (unpaired) electrons. The van der Waals surface area contributed by atoms with E-state index >= 15 is 0 Å². The molecular formula is C17H21ClN2O4S. The zero-order chi connectivity index (χ0) is 18.3. The summed E-state index contributed by atoms with van der Waals surface area (Å²) in [6.07, 6.45) is 1.62. The van der Waals surface area contributed by atoms with Gasteiger partial charge in [0, 0.05) is 30.8 Å². The van der Waals surface area contributed by atoms with Gasteiger partial charge in [-0.3, -0.25) is 0 Å². The fourth-order valence-corrected chi connectivity index (χ4v) is 3.90. The van der Waals surface area contributed by atoms with Gasteiger partial charge in [-0.2, -0.15) is 4.31 Å². The van der Waals surface area contributed by atoms with E-state index in [1.165, 1.54) is 22.6 Å². The van der Waals surface area contributed by atoms with E-state index in [0.29, 0.717) is 23.9 Å². The van der Waals surface area contributed by atoms with Crippen LogP contribution in [0.3, 0.4) is 0 Å². The second-order valence-electron chi connectivity index (χ2n) is 5.31. The van der Waals surface area contributed by atoms with Crippen LogP contribution in [0.15, 0.2) is 47.5 Å². The van der Waals surface area contributed by atoms with Crippen LogP contribution < -0.4 is 4.74 Å². The Balaban J connectivity index is 2.27. The predicted molar refractivity (Wildman–Crippen MR) is 96.2 cm³/mol. The molecule has 0 saturated carbocycles. The molecule has 0 fully saturated rings. The fourth-order valence-electron chi connectivity index (χ4n) is 2.27. The number of nitrogens with zero attached hydrogens (tertiary/aromatic N) is 2. The summed E-state index contributed by atoms with van der Waals surface area (Å²) in [4.78, 5) is 4.10. The molecular weight excluding hydrogens is 364 g/mol. The molecule has 25 heavy (non-hydrogen) atoms. The summed E-state index contributed by atoms with van der Waals surface area (Å²) in [5, 5.41) is 9.63. The van der Waals surface area contributed by atoms with Gasteiger partial charge in [-0.05, 0) is 37.1 Å². The van der Waals surface area contributed by atoms with E-state index in [-0.39, 0.29) is 24.6 Å². The molecule has 0 aliphatic carbocycles. The van der Waals surface area contributed by atoms with Crippen molar-refractivity contribution in [2.24, 2.45) is 0 Å². The number of halogens is 1. The first kappa shape index (κ1) is 19.7. The molecule has 0 spiro atoms. The van der Waals surface area contributed by atoms with Gasteiger partial charge in [0.15, 0.2) is 0 Å². The van der Waals surface area contributed by atoms with Crippen LogP contribution in [-0.2, 0) is 16.6 Å². The largest absolute Gasteiger partial charge is 0.478 e. The summed E-state index contributed by atoms with van der Waals surface area (Å²) in [6, 6.07) is 10.0. The van der Waals surface area contributed by atoms with Gasteiger partial charge in [0.25, 0.3) is 0 Å². The first-order valence-corrected chi connectivity index (χ1v) is 9.73. The Bertz CT molecular complexity index is 781. The van der Waals surface area contributed by atoms with Crippen molar-refractivity contribution in [1.82, 2.24) is 9.29 Å². The molecule has 1 N–H and O–H groups in total. The van der Waals surface area contributed by atoms with Crippen LogP contribution in [-0.4, -0.2) is 42.6 Å². The molecule has 0 atom stereocenters. The summed E-state index contributed by atoms with van der Waals surface area (Å²) in [6.45, 7) is 2.54. The lowest BCUT2D eigenvalue weighted by Gasteiger charge is -2.22. The average molecular weight is 385 g/mol. The maximum absolute atomic E-state index is 12.9. The number of pyridine rings is 1. The van der Waals surface area contributed by atoms with Crippen molar-refractivity contribution < 1.29 is 18.3 Å². The van der Waals surface area contributed by atoms with Crippen molar-refractivity contribution in [3.8, 4) is 5.88 Å². The van der Waals surface area contributed by atoms with Crippen LogP contribution >= 0.6 is 11.6 Å². The molecule has 1 heterocycles. The minimum atomic E-state index is -3.75. The normalized spacial score (nSPS) is 11.7. The monoisotopic (exact) mass is 384 g/mol. The SMILES string of the molecule is CCOc1ccc(S(=O)(=O)N(CCCO)Cc2cccc(Cl)c2)cn1. The van der Waals surface area contributed by atoms with Crippen LogP contribution in [0.25, 0.3) is 0 Å². The fraction of sp³-hybridized carbons (Fsp3) is 0.353. The Morgan fingerprint density at radius 3 is 2.68 bits per heavy atom. The minimum absolute atomic E-state index is 0.0796. The number of aliphatic hydroxyl groups excluding tert-OH is 1. The Morgan fingerprint density at radius 2 is 2.08 bits per heavy atom. The second kappa shape index (κ2) is 9.15. The van der Waals surface area contributed by atoms with Crippen LogP contribution in [0.2, 0.25) is 5.02 Å². The number of rotatable bonds is 9. The third kappa shape index (κ3) is 5.40. The highest BCUT2D eigenvalue weighted by Crippen LogP contribution is 2.21. The maximum atomic E-state index is 12.9. The zero-order valence-electron chi connectivity index (χ0n) is 13.9. The molecule has 1 aromatic carbocycles. The number of hydrogen-bond donors (Lipinski definition) is 1. The summed E-state index contributed by atoms with van der Waals surface area (Å²) >= 11 is 5.98. The summed E-state index contributed by atoms with van der Waals surface area (Å²) in [7, 11) is -3.75. The van der Waals surface area contributed by atoms with E-state index in [9.17, 15) is 8.42 Å². The van der Waals surface area contributed by atoms with Gasteiger partial charge in [-0.25, -0.2) is 13.4 Å². The van der Waals surface area contributed by atoms with Gasteiger partial charge in [0.05, 0.1) is 12.8 Å². The molecule has 6 nitrogen and oxygen atoms in total. The van der Waals surface area contributed by atoms with Crippen LogP contribution in [0, 0.1) is 0 Å². The first-order chi connectivity index (χ1) is 12.0. The van der Waals surface area contributed by atoms with Gasteiger partial charge < -0.3 is 9.84 Å². The lowest BCUT2D eigenvalue weighted by atomic mass is 10.2. The third-order valence-corrected chi connectivity index (χ3v) is 5.52. The van der Waals surface area contributed by atoms with E-state index in [1.54, 1.807) is 18.2 Å². The van der Waals surface area contributed by atoms with E-state index < -0.39 is 10.0 Å². The molecule has 0 amide bonds. The van der Waals surface area contributed by atoms with Crippen molar-refractivity contribution in [2.75, 3.05) is 19.8 Å². The average Bonchev–Trinajstić information content (AvgIpc) is 2.59. The molecule has 2 rings (SSSR count). The number of hydrogen-bond acceptors (Lipinski definition) is 5. The number of sulfonamides is 1. The summed E-state index contributed by atoms with van der Waals surface area (Å²) in [5.41, 5.74) is 0.771. The van der Waals surface area contributed by atoms with Gasteiger partial charge >= 0.3 is 0 Å². The quantitative estimate of drug-likeness (QED) is 0.719. The molecule has 0 unspecified atom stereocenters. The van der Waals surface area contributed by atoms with Gasteiger partial charge in [0.1, 0.15) is 4.90 Å². The molecule has 0 saturated heterocycles. The van der Waals surface area contributed by atoms with Crippen molar-refractivity contribution in [2.45, 2.75) is 24.8 Å². The number of ether oxygens (including phenoxy) is 1. The van der Waals surface area contributed by atoms with Gasteiger partial charge in [-0.1, -0.05) is 23.7 Å². The molecule has 1 aromatic heterocycles. The smallest absolute Gasteiger partial charge is 0.244 e. The Labute approximate surface area is 153 Å². The van der Waals surface area contributed by atoms with Crippen LogP contribution in [0.1, 0.15) is 18.9 Å². The Morgan fingerprint density at radius 1 is 1.28 bits per heavy atom. The highest BCUT2D eigenvalue weighted by Gasteiger charge is 2.25. The van der Waals surface area contributed by atoms with Crippen LogP contribution in [0.4, 0.5) is 0 Å². The maximum Gasteiger partial charge on any atom is 0.244 e. The van der Waals surface area contributed by atoms with Crippen LogP contribution in [0.5, 0.6) is 5.88 Å². The summed E-state index contributed by atoms with van der Waals surface area (Å²) < 4.78 is 32.4. The Kier molecular flexibility index (Phi) is 7.19. The molecule has 0 bridgehead atoms. The highest BCUT2D eigenvalue weighted by molar-refractivity contribution is 7.89. The third-order valence-electron chi connectivity index (χ3n) is 3.45. The topological polar surface area (TPSA) is 79.7 Å². The predicted octanol–water partition coefficient (Wildman–Crippen LogP) is 2.71. The standard InChI is InChI=1S/C17H21ClN2O4S/c1-2-24-17-8-7-16(12-19-17)25(22,23)20(9-4-10-21)13-14-5-3-6-15(18)11-14/h3,5-8,11-12,21H,2,4,9-10,13H2,1H3. The number of aliphatic hydroxyl groups is 1. The zero-order valence-corrected chi connectivity index (χ0v) is 15.5. The van der Waals surface area contributed by atoms with Crippen molar-refractivity contribution in [3.63, 3.8) is 0 Å². The van der Waals surface area contributed by atoms with E-state index in [1.807, 2.05) is 13.0 Å². The van der Waals surface area contributed by atoms with E-state index in [0.717, 1.165) is 5.56 Å².